The maximum atomic E-state index is 11.7. The summed E-state index contributed by atoms with van der Waals surface area (Å²) in [5.41, 5.74) is 1.11. The molecule has 0 atom stereocenters. The van der Waals surface area contributed by atoms with Crippen molar-refractivity contribution in [2.24, 2.45) is 0 Å². The fourth-order valence-corrected chi connectivity index (χ4v) is 1.83. The van der Waals surface area contributed by atoms with Crippen LogP contribution in [-0.4, -0.2) is 29.1 Å². The number of rotatable bonds is 3. The highest BCUT2D eigenvalue weighted by Crippen LogP contribution is 2.28. The molecule has 0 amide bonds. The predicted molar refractivity (Wildman–Crippen MR) is 68.0 cm³/mol. The van der Waals surface area contributed by atoms with Gasteiger partial charge in [-0.15, -0.1) is 0 Å². The molecule has 1 aromatic carbocycles. The SMILES string of the molecule is COC(=O)c1cccc(C(=O)O)c1-c1cccnc1. The Morgan fingerprint density at radius 2 is 1.89 bits per heavy atom. The molecule has 0 unspecified atom stereocenters. The first-order valence-corrected chi connectivity index (χ1v) is 5.50. The van der Waals surface area contributed by atoms with Crippen molar-refractivity contribution in [3.63, 3.8) is 0 Å². The van der Waals surface area contributed by atoms with E-state index in [0.717, 1.165) is 0 Å². The summed E-state index contributed by atoms with van der Waals surface area (Å²) in [6.07, 6.45) is 3.08. The summed E-state index contributed by atoms with van der Waals surface area (Å²) in [7, 11) is 1.25. The number of hydrogen-bond acceptors (Lipinski definition) is 4. The summed E-state index contributed by atoms with van der Waals surface area (Å²) >= 11 is 0. The number of carboxylic acid groups (broad SMARTS) is 1. The Morgan fingerprint density at radius 1 is 1.16 bits per heavy atom. The Bertz CT molecular complexity index is 623. The Hall–Kier alpha value is -2.69. The highest BCUT2D eigenvalue weighted by molar-refractivity contribution is 6.05. The minimum Gasteiger partial charge on any atom is -0.478 e. The standard InChI is InChI=1S/C14H11NO4/c1-19-14(18)11-6-2-5-10(13(16)17)12(11)9-4-3-7-15-8-9/h2-8H,1H3,(H,16,17). The van der Waals surface area contributed by atoms with Crippen molar-refractivity contribution < 1.29 is 19.4 Å². The molecule has 0 aliphatic carbocycles. The van der Waals surface area contributed by atoms with E-state index >= 15 is 0 Å². The van der Waals surface area contributed by atoms with Crippen LogP contribution in [0.3, 0.4) is 0 Å². The number of esters is 1. The van der Waals surface area contributed by atoms with Gasteiger partial charge in [-0.1, -0.05) is 12.1 Å². The van der Waals surface area contributed by atoms with Crippen LogP contribution in [0.5, 0.6) is 0 Å². The number of pyridine rings is 1. The number of ether oxygens (including phenoxy) is 1. The molecule has 0 radical (unpaired) electrons. The second-order valence-corrected chi connectivity index (χ2v) is 3.77. The fourth-order valence-electron chi connectivity index (χ4n) is 1.83. The molecular weight excluding hydrogens is 246 g/mol. The van der Waals surface area contributed by atoms with Gasteiger partial charge in [0.1, 0.15) is 0 Å². The molecular formula is C14H11NO4. The zero-order valence-electron chi connectivity index (χ0n) is 10.2. The lowest BCUT2D eigenvalue weighted by molar-refractivity contribution is 0.0601. The first-order chi connectivity index (χ1) is 9.15. The lowest BCUT2D eigenvalue weighted by atomic mass is 9.95. The van der Waals surface area contributed by atoms with Gasteiger partial charge in [0.25, 0.3) is 0 Å². The highest BCUT2D eigenvalue weighted by atomic mass is 16.5. The Kier molecular flexibility index (Phi) is 3.56. The molecule has 1 N–H and O–H groups in total. The lowest BCUT2D eigenvalue weighted by Crippen LogP contribution is -2.08. The number of nitrogens with zero attached hydrogens (tertiary/aromatic N) is 1. The number of aromatic carboxylic acids is 1. The maximum Gasteiger partial charge on any atom is 0.338 e. The molecule has 0 saturated carbocycles. The third-order valence-electron chi connectivity index (χ3n) is 2.65. The molecule has 5 nitrogen and oxygen atoms in total. The first kappa shape index (κ1) is 12.8. The summed E-state index contributed by atoms with van der Waals surface area (Å²) in [5.74, 6) is -1.69. The molecule has 1 heterocycles. The van der Waals surface area contributed by atoms with Gasteiger partial charge >= 0.3 is 11.9 Å². The van der Waals surface area contributed by atoms with Gasteiger partial charge in [-0.3, -0.25) is 4.98 Å². The molecule has 1 aromatic heterocycles. The van der Waals surface area contributed by atoms with Crippen molar-refractivity contribution in [3.8, 4) is 11.1 Å². The van der Waals surface area contributed by atoms with Crippen LogP contribution in [0, 0.1) is 0 Å². The Morgan fingerprint density at radius 3 is 2.47 bits per heavy atom. The maximum absolute atomic E-state index is 11.7. The van der Waals surface area contributed by atoms with Crippen LogP contribution < -0.4 is 0 Å². The van der Waals surface area contributed by atoms with Crippen molar-refractivity contribution in [1.82, 2.24) is 4.98 Å². The van der Waals surface area contributed by atoms with E-state index in [9.17, 15) is 14.7 Å². The van der Waals surface area contributed by atoms with E-state index in [1.807, 2.05) is 0 Å². The zero-order valence-corrected chi connectivity index (χ0v) is 10.2. The van der Waals surface area contributed by atoms with E-state index in [0.29, 0.717) is 11.1 Å². The van der Waals surface area contributed by atoms with Crippen molar-refractivity contribution in [1.29, 1.82) is 0 Å². The van der Waals surface area contributed by atoms with Crippen LogP contribution in [-0.2, 0) is 4.74 Å². The molecule has 0 spiro atoms. The number of carboxylic acids is 1. The number of benzene rings is 1. The summed E-state index contributed by atoms with van der Waals surface area (Å²) in [6, 6.07) is 7.85. The molecule has 0 bridgehead atoms. The third-order valence-corrected chi connectivity index (χ3v) is 2.65. The van der Waals surface area contributed by atoms with Gasteiger partial charge in [0.2, 0.25) is 0 Å². The van der Waals surface area contributed by atoms with Crippen LogP contribution in [0.15, 0.2) is 42.7 Å². The summed E-state index contributed by atoms with van der Waals surface area (Å²) < 4.78 is 4.68. The quantitative estimate of drug-likeness (QED) is 0.853. The fraction of sp³-hybridized carbons (Fsp3) is 0.0714. The lowest BCUT2D eigenvalue weighted by Gasteiger charge is -2.10. The molecule has 0 aliphatic heterocycles. The Balaban J connectivity index is 2.74. The number of aromatic nitrogens is 1. The van der Waals surface area contributed by atoms with E-state index in [-0.39, 0.29) is 11.1 Å². The molecule has 2 rings (SSSR count). The van der Waals surface area contributed by atoms with Gasteiger partial charge in [0.15, 0.2) is 0 Å². The largest absolute Gasteiger partial charge is 0.478 e. The van der Waals surface area contributed by atoms with Crippen LogP contribution >= 0.6 is 0 Å². The van der Waals surface area contributed by atoms with Gasteiger partial charge < -0.3 is 9.84 Å². The van der Waals surface area contributed by atoms with Gasteiger partial charge in [0, 0.05) is 23.5 Å². The van der Waals surface area contributed by atoms with E-state index < -0.39 is 11.9 Å². The smallest absolute Gasteiger partial charge is 0.338 e. The van der Waals surface area contributed by atoms with Gasteiger partial charge in [-0.25, -0.2) is 9.59 Å². The second kappa shape index (κ2) is 5.30. The first-order valence-electron chi connectivity index (χ1n) is 5.50. The minimum absolute atomic E-state index is 0.0379. The van der Waals surface area contributed by atoms with Gasteiger partial charge in [0.05, 0.1) is 18.2 Å². The average Bonchev–Trinajstić information content (AvgIpc) is 2.46. The number of carbonyl (C=O) groups excluding carboxylic acids is 1. The van der Waals surface area contributed by atoms with E-state index in [2.05, 4.69) is 9.72 Å². The normalized spacial score (nSPS) is 9.95. The summed E-state index contributed by atoms with van der Waals surface area (Å²) in [6.45, 7) is 0. The van der Waals surface area contributed by atoms with Gasteiger partial charge in [-0.2, -0.15) is 0 Å². The summed E-state index contributed by atoms with van der Waals surface area (Å²) in [5, 5.41) is 9.23. The van der Waals surface area contributed by atoms with Crippen molar-refractivity contribution in [3.05, 3.63) is 53.9 Å². The monoisotopic (exact) mass is 257 g/mol. The molecule has 19 heavy (non-hydrogen) atoms. The van der Waals surface area contributed by atoms with Crippen molar-refractivity contribution in [2.45, 2.75) is 0 Å². The topological polar surface area (TPSA) is 76.5 Å². The molecule has 5 heteroatoms. The van der Waals surface area contributed by atoms with Crippen LogP contribution in [0.1, 0.15) is 20.7 Å². The van der Waals surface area contributed by atoms with E-state index in [1.165, 1.54) is 31.5 Å². The van der Waals surface area contributed by atoms with Crippen molar-refractivity contribution in [2.75, 3.05) is 7.11 Å². The van der Waals surface area contributed by atoms with Crippen LogP contribution in [0.25, 0.3) is 11.1 Å². The van der Waals surface area contributed by atoms with E-state index in [4.69, 9.17) is 0 Å². The number of hydrogen-bond donors (Lipinski definition) is 1. The Labute approximate surface area is 109 Å². The zero-order chi connectivity index (χ0) is 13.8. The molecule has 0 aliphatic rings. The average molecular weight is 257 g/mol. The molecule has 96 valence electrons. The molecule has 2 aromatic rings. The minimum atomic E-state index is -1.11. The second-order valence-electron chi connectivity index (χ2n) is 3.77. The van der Waals surface area contributed by atoms with E-state index in [1.54, 1.807) is 18.3 Å². The third kappa shape index (κ3) is 2.44. The number of methoxy groups -OCH3 is 1. The molecule has 0 saturated heterocycles. The predicted octanol–water partition coefficient (Wildman–Crippen LogP) is 2.23. The van der Waals surface area contributed by atoms with Crippen LogP contribution in [0.4, 0.5) is 0 Å². The van der Waals surface area contributed by atoms with Crippen molar-refractivity contribution >= 4 is 11.9 Å². The molecule has 0 fully saturated rings. The van der Waals surface area contributed by atoms with Crippen LogP contribution in [0.2, 0.25) is 0 Å². The summed E-state index contributed by atoms with van der Waals surface area (Å²) in [4.78, 5) is 27.0. The number of carbonyl (C=O) groups is 2. The highest BCUT2D eigenvalue weighted by Gasteiger charge is 2.20. The van der Waals surface area contributed by atoms with Gasteiger partial charge in [-0.05, 0) is 18.2 Å².